The number of nitrogens with one attached hydrogen (secondary N) is 1. The maximum absolute atomic E-state index is 13.9. The number of benzene rings is 1. The number of rotatable bonds is 4. The molecule has 1 atom stereocenters. The molecule has 1 aromatic rings. The van der Waals surface area contributed by atoms with Gasteiger partial charge in [-0.05, 0) is 18.9 Å². The second-order valence-corrected chi connectivity index (χ2v) is 4.74. The van der Waals surface area contributed by atoms with Gasteiger partial charge in [0.2, 0.25) is 0 Å². The molecule has 0 bridgehead atoms. The van der Waals surface area contributed by atoms with E-state index in [2.05, 4.69) is 5.43 Å². The Bertz CT molecular complexity index is 419. The van der Waals surface area contributed by atoms with Crippen LogP contribution >= 0.6 is 0 Å². The zero-order chi connectivity index (χ0) is 13.2. The largest absolute Gasteiger partial charge is 0.376 e. The van der Waals surface area contributed by atoms with Gasteiger partial charge in [0.1, 0.15) is 11.6 Å². The molecule has 1 fully saturated rings. The van der Waals surface area contributed by atoms with Crippen molar-refractivity contribution in [2.45, 2.75) is 37.3 Å². The van der Waals surface area contributed by atoms with Crippen molar-refractivity contribution in [3.63, 3.8) is 0 Å². The molecule has 0 radical (unpaired) electrons. The summed E-state index contributed by atoms with van der Waals surface area (Å²) >= 11 is 0. The fraction of sp³-hybridized carbons (Fsp3) is 0.538. The molecule has 0 saturated heterocycles. The highest BCUT2D eigenvalue weighted by Gasteiger charge is 2.43. The van der Waals surface area contributed by atoms with Crippen molar-refractivity contribution in [3.05, 3.63) is 35.4 Å². The number of hydrogen-bond donors (Lipinski definition) is 2. The van der Waals surface area contributed by atoms with E-state index in [1.54, 1.807) is 7.11 Å². The summed E-state index contributed by atoms with van der Waals surface area (Å²) in [5, 5.41) is 0. The van der Waals surface area contributed by atoms with Crippen LogP contribution in [0.1, 0.15) is 37.3 Å². The highest BCUT2D eigenvalue weighted by Crippen LogP contribution is 2.42. The third-order valence-corrected chi connectivity index (χ3v) is 3.82. The van der Waals surface area contributed by atoms with Crippen LogP contribution in [0.25, 0.3) is 0 Å². The van der Waals surface area contributed by atoms with Gasteiger partial charge in [-0.1, -0.05) is 18.9 Å². The summed E-state index contributed by atoms with van der Waals surface area (Å²) < 4.78 is 32.4. The summed E-state index contributed by atoms with van der Waals surface area (Å²) in [7, 11) is 1.61. The van der Waals surface area contributed by atoms with E-state index in [-0.39, 0.29) is 0 Å². The van der Waals surface area contributed by atoms with Crippen molar-refractivity contribution >= 4 is 0 Å². The molecule has 18 heavy (non-hydrogen) atoms. The molecule has 1 aromatic carbocycles. The fourth-order valence-corrected chi connectivity index (χ4v) is 2.84. The van der Waals surface area contributed by atoms with E-state index in [0.717, 1.165) is 31.7 Å². The van der Waals surface area contributed by atoms with Crippen molar-refractivity contribution in [2.75, 3.05) is 7.11 Å². The van der Waals surface area contributed by atoms with Crippen molar-refractivity contribution < 1.29 is 13.5 Å². The smallest absolute Gasteiger partial charge is 0.131 e. The molecule has 1 unspecified atom stereocenters. The van der Waals surface area contributed by atoms with E-state index in [9.17, 15) is 8.78 Å². The van der Waals surface area contributed by atoms with E-state index in [1.165, 1.54) is 12.1 Å². The maximum Gasteiger partial charge on any atom is 0.131 e. The van der Waals surface area contributed by atoms with Crippen LogP contribution < -0.4 is 11.3 Å². The van der Waals surface area contributed by atoms with E-state index in [0.29, 0.717) is 5.56 Å². The molecule has 3 nitrogen and oxygen atoms in total. The van der Waals surface area contributed by atoms with Gasteiger partial charge < -0.3 is 4.74 Å². The Labute approximate surface area is 105 Å². The van der Waals surface area contributed by atoms with Crippen LogP contribution in [0.2, 0.25) is 0 Å². The Kier molecular flexibility index (Phi) is 3.94. The maximum atomic E-state index is 13.9. The first kappa shape index (κ1) is 13.4. The summed E-state index contributed by atoms with van der Waals surface area (Å²) in [4.78, 5) is 0. The molecular weight excluding hydrogens is 238 g/mol. The molecule has 0 heterocycles. The Morgan fingerprint density at radius 1 is 1.33 bits per heavy atom. The molecule has 0 aromatic heterocycles. The first-order valence-electron chi connectivity index (χ1n) is 6.09. The fourth-order valence-electron chi connectivity index (χ4n) is 2.84. The molecule has 0 amide bonds. The summed E-state index contributed by atoms with van der Waals surface area (Å²) in [5.74, 6) is 4.37. The van der Waals surface area contributed by atoms with Crippen molar-refractivity contribution in [2.24, 2.45) is 5.84 Å². The van der Waals surface area contributed by atoms with E-state index in [1.807, 2.05) is 0 Å². The van der Waals surface area contributed by atoms with E-state index in [4.69, 9.17) is 10.6 Å². The molecule has 1 aliphatic carbocycles. The summed E-state index contributed by atoms with van der Waals surface area (Å²) in [6.45, 7) is 0. The summed E-state index contributed by atoms with van der Waals surface area (Å²) in [6, 6.07) is 3.07. The summed E-state index contributed by atoms with van der Waals surface area (Å²) in [6.07, 6.45) is 3.67. The second kappa shape index (κ2) is 5.30. The van der Waals surface area contributed by atoms with E-state index < -0.39 is 23.3 Å². The molecule has 1 aliphatic rings. The topological polar surface area (TPSA) is 47.3 Å². The van der Waals surface area contributed by atoms with Crippen LogP contribution in [0, 0.1) is 11.6 Å². The Morgan fingerprint density at radius 2 is 2.00 bits per heavy atom. The number of hydrazine groups is 1. The predicted molar refractivity (Wildman–Crippen MR) is 64.6 cm³/mol. The first-order valence-corrected chi connectivity index (χ1v) is 6.09. The molecule has 1 saturated carbocycles. The Hall–Kier alpha value is -1.04. The van der Waals surface area contributed by atoms with Crippen molar-refractivity contribution in [1.29, 1.82) is 0 Å². The van der Waals surface area contributed by atoms with Gasteiger partial charge in [0.25, 0.3) is 0 Å². The zero-order valence-corrected chi connectivity index (χ0v) is 10.4. The number of hydrogen-bond acceptors (Lipinski definition) is 3. The van der Waals surface area contributed by atoms with Crippen molar-refractivity contribution in [3.8, 4) is 0 Å². The van der Waals surface area contributed by atoms with Gasteiger partial charge in [0.15, 0.2) is 0 Å². The predicted octanol–water partition coefficient (Wildman–Crippen LogP) is 2.43. The van der Waals surface area contributed by atoms with Gasteiger partial charge in [-0.15, -0.1) is 0 Å². The third-order valence-electron chi connectivity index (χ3n) is 3.82. The minimum atomic E-state index is -0.596. The average Bonchev–Trinajstić information content (AvgIpc) is 2.83. The van der Waals surface area contributed by atoms with Crippen LogP contribution in [0.3, 0.4) is 0 Å². The van der Waals surface area contributed by atoms with Gasteiger partial charge in [-0.3, -0.25) is 5.84 Å². The normalized spacial score (nSPS) is 20.0. The molecular formula is C13H18F2N2O. The van der Waals surface area contributed by atoms with Crippen LogP contribution in [0.5, 0.6) is 0 Å². The third kappa shape index (κ3) is 2.25. The van der Waals surface area contributed by atoms with Crippen LogP contribution in [-0.2, 0) is 4.74 Å². The van der Waals surface area contributed by atoms with Gasteiger partial charge in [-0.25, -0.2) is 14.2 Å². The molecule has 100 valence electrons. The van der Waals surface area contributed by atoms with Crippen molar-refractivity contribution in [1.82, 2.24) is 5.43 Å². The lowest BCUT2D eigenvalue weighted by molar-refractivity contribution is -0.0377. The number of ether oxygens (including phenoxy) is 1. The molecule has 3 N–H and O–H groups in total. The lowest BCUT2D eigenvalue weighted by Crippen LogP contribution is -2.46. The highest BCUT2D eigenvalue weighted by atomic mass is 19.1. The van der Waals surface area contributed by atoms with Gasteiger partial charge in [0.05, 0.1) is 11.6 Å². The lowest BCUT2D eigenvalue weighted by atomic mass is 9.87. The van der Waals surface area contributed by atoms with Crippen LogP contribution in [-0.4, -0.2) is 12.7 Å². The minimum Gasteiger partial charge on any atom is -0.376 e. The second-order valence-electron chi connectivity index (χ2n) is 4.74. The lowest BCUT2D eigenvalue weighted by Gasteiger charge is -2.36. The highest BCUT2D eigenvalue weighted by molar-refractivity contribution is 5.25. The minimum absolute atomic E-state index is 0.350. The number of halogens is 2. The average molecular weight is 256 g/mol. The quantitative estimate of drug-likeness (QED) is 0.642. The number of methoxy groups -OCH3 is 1. The molecule has 5 heteroatoms. The molecule has 0 aliphatic heterocycles. The number of nitrogens with two attached hydrogens (primary N) is 1. The van der Waals surface area contributed by atoms with Gasteiger partial charge in [0, 0.05) is 18.7 Å². The standard InChI is InChI=1S/C13H18F2N2O/c1-18-13(6-2-3-7-13)12(17-16)10-5-4-9(14)8-11(10)15/h4-5,8,12,17H,2-3,6-7,16H2,1H3. The Balaban J connectivity index is 2.38. The monoisotopic (exact) mass is 256 g/mol. The van der Waals surface area contributed by atoms with Crippen LogP contribution in [0.15, 0.2) is 18.2 Å². The summed E-state index contributed by atoms with van der Waals surface area (Å²) in [5.41, 5.74) is 2.47. The SMILES string of the molecule is COC1(C(NN)c2ccc(F)cc2F)CCCC1. The Morgan fingerprint density at radius 3 is 2.50 bits per heavy atom. The van der Waals surface area contributed by atoms with Crippen LogP contribution in [0.4, 0.5) is 8.78 Å². The molecule has 0 spiro atoms. The van der Waals surface area contributed by atoms with Gasteiger partial charge in [-0.2, -0.15) is 0 Å². The first-order chi connectivity index (χ1) is 8.63. The molecule has 2 rings (SSSR count). The van der Waals surface area contributed by atoms with E-state index >= 15 is 0 Å². The van der Waals surface area contributed by atoms with Gasteiger partial charge >= 0.3 is 0 Å². The zero-order valence-electron chi connectivity index (χ0n) is 10.4.